The first-order valence-corrected chi connectivity index (χ1v) is 5.95. The van der Waals surface area contributed by atoms with Gasteiger partial charge in [0.05, 0.1) is 0 Å². The fourth-order valence-corrected chi connectivity index (χ4v) is 1.47. The number of phosphoric acid groups is 1. The van der Waals surface area contributed by atoms with Crippen molar-refractivity contribution in [3.8, 4) is 0 Å². The number of hydrogen-bond acceptors (Lipinski definition) is 4. The summed E-state index contributed by atoms with van der Waals surface area (Å²) >= 11 is 0. The van der Waals surface area contributed by atoms with Crippen molar-refractivity contribution in [2.45, 2.75) is 25.9 Å². The van der Waals surface area contributed by atoms with Crippen molar-refractivity contribution in [2.75, 3.05) is 6.61 Å². The van der Waals surface area contributed by atoms with Crippen LogP contribution >= 0.6 is 7.82 Å². The lowest BCUT2D eigenvalue weighted by Crippen LogP contribution is -2.20. The summed E-state index contributed by atoms with van der Waals surface area (Å²) in [5, 5.41) is 0. The standard InChI is InChI=1S/C8H15O6P/c1-3-5-7(14-15(10,11)12)6-13-8(9)4-2/h4,7H,2-3,5-6H2,1H3,(H2,10,11,12). The highest BCUT2D eigenvalue weighted by atomic mass is 31.2. The lowest BCUT2D eigenvalue weighted by molar-refractivity contribution is -0.140. The summed E-state index contributed by atoms with van der Waals surface area (Å²) in [5.41, 5.74) is 0. The molecule has 0 amide bonds. The molecule has 0 spiro atoms. The van der Waals surface area contributed by atoms with Crippen LogP contribution in [0.15, 0.2) is 12.7 Å². The van der Waals surface area contributed by atoms with Gasteiger partial charge >= 0.3 is 13.8 Å². The Kier molecular flexibility index (Phi) is 6.43. The summed E-state index contributed by atoms with van der Waals surface area (Å²) in [6.45, 7) is 4.82. The second-order valence-electron chi connectivity index (χ2n) is 2.84. The second kappa shape index (κ2) is 6.74. The summed E-state index contributed by atoms with van der Waals surface area (Å²) in [4.78, 5) is 27.8. The molecule has 15 heavy (non-hydrogen) atoms. The number of hydrogen-bond donors (Lipinski definition) is 2. The molecular weight excluding hydrogens is 223 g/mol. The van der Waals surface area contributed by atoms with Gasteiger partial charge in [0.25, 0.3) is 0 Å². The third kappa shape index (κ3) is 8.32. The summed E-state index contributed by atoms with van der Waals surface area (Å²) in [6, 6.07) is 0. The molecule has 0 aromatic carbocycles. The number of carbonyl (C=O) groups excluding carboxylic acids is 1. The molecule has 2 N–H and O–H groups in total. The van der Waals surface area contributed by atoms with Gasteiger partial charge < -0.3 is 14.5 Å². The molecular formula is C8H15O6P. The highest BCUT2D eigenvalue weighted by Crippen LogP contribution is 2.38. The monoisotopic (exact) mass is 238 g/mol. The van der Waals surface area contributed by atoms with Gasteiger partial charge in [-0.25, -0.2) is 9.36 Å². The van der Waals surface area contributed by atoms with E-state index >= 15 is 0 Å². The van der Waals surface area contributed by atoms with Crippen LogP contribution in [0.5, 0.6) is 0 Å². The van der Waals surface area contributed by atoms with Gasteiger partial charge in [0.2, 0.25) is 0 Å². The van der Waals surface area contributed by atoms with Crippen molar-refractivity contribution >= 4 is 13.8 Å². The number of carbonyl (C=O) groups is 1. The van der Waals surface area contributed by atoms with Crippen molar-refractivity contribution < 1.29 is 28.4 Å². The SMILES string of the molecule is C=CC(=O)OCC(CCC)OP(=O)(O)O. The fourth-order valence-electron chi connectivity index (χ4n) is 0.917. The number of rotatable bonds is 7. The van der Waals surface area contributed by atoms with Crippen LogP contribution in [0.2, 0.25) is 0 Å². The molecule has 1 atom stereocenters. The molecule has 0 rings (SSSR count). The molecule has 0 aliphatic rings. The van der Waals surface area contributed by atoms with E-state index in [4.69, 9.17) is 9.79 Å². The zero-order valence-corrected chi connectivity index (χ0v) is 9.35. The van der Waals surface area contributed by atoms with Crippen molar-refractivity contribution in [2.24, 2.45) is 0 Å². The normalized spacial score (nSPS) is 13.3. The van der Waals surface area contributed by atoms with Gasteiger partial charge in [-0.05, 0) is 6.42 Å². The van der Waals surface area contributed by atoms with Crippen molar-refractivity contribution in [3.05, 3.63) is 12.7 Å². The zero-order valence-electron chi connectivity index (χ0n) is 8.46. The number of ether oxygens (including phenoxy) is 1. The average Bonchev–Trinajstić information content (AvgIpc) is 2.11. The van der Waals surface area contributed by atoms with E-state index in [1.54, 1.807) is 0 Å². The van der Waals surface area contributed by atoms with E-state index < -0.39 is 19.9 Å². The Balaban J connectivity index is 4.10. The lowest BCUT2D eigenvalue weighted by Gasteiger charge is -2.16. The lowest BCUT2D eigenvalue weighted by atomic mass is 10.2. The minimum absolute atomic E-state index is 0.191. The summed E-state index contributed by atoms with van der Waals surface area (Å²) < 4.78 is 19.6. The van der Waals surface area contributed by atoms with Crippen LogP contribution in [0.3, 0.4) is 0 Å². The van der Waals surface area contributed by atoms with Gasteiger partial charge in [0.15, 0.2) is 0 Å². The summed E-state index contributed by atoms with van der Waals surface area (Å²) in [7, 11) is -4.54. The van der Waals surface area contributed by atoms with Gasteiger partial charge in [-0.2, -0.15) is 0 Å². The average molecular weight is 238 g/mol. The molecule has 6 nitrogen and oxygen atoms in total. The Hall–Kier alpha value is -0.680. The van der Waals surface area contributed by atoms with Gasteiger partial charge in [0, 0.05) is 6.08 Å². The quantitative estimate of drug-likeness (QED) is 0.390. The molecule has 1 unspecified atom stereocenters. The molecule has 0 saturated heterocycles. The molecule has 0 bridgehead atoms. The zero-order chi connectivity index (χ0) is 11.9. The maximum atomic E-state index is 10.7. The molecule has 88 valence electrons. The second-order valence-corrected chi connectivity index (χ2v) is 4.03. The van der Waals surface area contributed by atoms with Crippen LogP contribution in [0.1, 0.15) is 19.8 Å². The topological polar surface area (TPSA) is 93.1 Å². The Morgan fingerprint density at radius 1 is 1.60 bits per heavy atom. The van der Waals surface area contributed by atoms with E-state index in [-0.39, 0.29) is 6.61 Å². The maximum Gasteiger partial charge on any atom is 0.469 e. The molecule has 7 heteroatoms. The summed E-state index contributed by atoms with van der Waals surface area (Å²) in [5.74, 6) is -0.648. The number of esters is 1. The van der Waals surface area contributed by atoms with Crippen molar-refractivity contribution in [1.82, 2.24) is 0 Å². The first-order chi connectivity index (χ1) is 6.89. The van der Waals surface area contributed by atoms with Gasteiger partial charge in [0.1, 0.15) is 12.7 Å². The predicted molar refractivity (Wildman–Crippen MR) is 53.0 cm³/mol. The van der Waals surface area contributed by atoms with Crippen LogP contribution in [0, 0.1) is 0 Å². The third-order valence-corrected chi connectivity index (χ3v) is 2.05. The van der Waals surface area contributed by atoms with Crippen LogP contribution in [-0.2, 0) is 18.6 Å². The summed E-state index contributed by atoms with van der Waals surface area (Å²) in [6.07, 6.45) is 1.24. The first kappa shape index (κ1) is 14.3. The van der Waals surface area contributed by atoms with Crippen LogP contribution in [0.4, 0.5) is 0 Å². The van der Waals surface area contributed by atoms with E-state index in [9.17, 15) is 9.36 Å². The smallest absolute Gasteiger partial charge is 0.460 e. The Morgan fingerprint density at radius 3 is 2.60 bits per heavy atom. The molecule has 0 aromatic rings. The van der Waals surface area contributed by atoms with E-state index in [1.165, 1.54) is 0 Å². The molecule has 0 aliphatic heterocycles. The largest absolute Gasteiger partial charge is 0.469 e. The highest BCUT2D eigenvalue weighted by Gasteiger charge is 2.22. The molecule has 0 saturated carbocycles. The molecule has 0 aromatic heterocycles. The van der Waals surface area contributed by atoms with E-state index in [1.807, 2.05) is 6.92 Å². The Labute approximate surface area is 88.1 Å². The minimum atomic E-state index is -4.54. The van der Waals surface area contributed by atoms with Crippen LogP contribution in [0.25, 0.3) is 0 Å². The van der Waals surface area contributed by atoms with Gasteiger partial charge in [-0.1, -0.05) is 19.9 Å². The van der Waals surface area contributed by atoms with Crippen LogP contribution in [-0.4, -0.2) is 28.5 Å². The predicted octanol–water partition coefficient (Wildman–Crippen LogP) is 0.994. The van der Waals surface area contributed by atoms with E-state index in [0.29, 0.717) is 12.8 Å². The minimum Gasteiger partial charge on any atom is -0.460 e. The van der Waals surface area contributed by atoms with Crippen molar-refractivity contribution in [3.63, 3.8) is 0 Å². The Bertz CT molecular complexity index is 258. The maximum absolute atomic E-state index is 10.7. The molecule has 0 radical (unpaired) electrons. The van der Waals surface area contributed by atoms with E-state index in [0.717, 1.165) is 6.08 Å². The van der Waals surface area contributed by atoms with E-state index in [2.05, 4.69) is 15.8 Å². The molecule has 0 fully saturated rings. The van der Waals surface area contributed by atoms with Gasteiger partial charge in [-0.3, -0.25) is 4.52 Å². The molecule has 0 aliphatic carbocycles. The third-order valence-electron chi connectivity index (χ3n) is 1.48. The molecule has 0 heterocycles. The highest BCUT2D eigenvalue weighted by molar-refractivity contribution is 7.46. The van der Waals surface area contributed by atoms with Gasteiger partial charge in [-0.15, -0.1) is 0 Å². The first-order valence-electron chi connectivity index (χ1n) is 4.42. The van der Waals surface area contributed by atoms with Crippen molar-refractivity contribution in [1.29, 1.82) is 0 Å². The Morgan fingerprint density at radius 2 is 2.20 bits per heavy atom. The fraction of sp³-hybridized carbons (Fsp3) is 0.625. The van der Waals surface area contributed by atoms with Crippen LogP contribution < -0.4 is 0 Å². The number of phosphoric ester groups is 1.